The molecule has 2 aromatic carbocycles. The van der Waals surface area contributed by atoms with Crippen molar-refractivity contribution in [3.63, 3.8) is 0 Å². The van der Waals surface area contributed by atoms with E-state index in [-0.39, 0.29) is 36.5 Å². The highest BCUT2D eigenvalue weighted by molar-refractivity contribution is 7.22. The topological polar surface area (TPSA) is 138 Å². The lowest BCUT2D eigenvalue weighted by molar-refractivity contribution is 1.30. The second-order valence-corrected chi connectivity index (χ2v) is 8.72. The van der Waals surface area contributed by atoms with Gasteiger partial charge in [0.2, 0.25) is 0 Å². The number of aromatic nitrogens is 3. The van der Waals surface area contributed by atoms with Crippen LogP contribution < -0.4 is 11.5 Å². The van der Waals surface area contributed by atoms with Crippen LogP contribution in [0.2, 0.25) is 0 Å². The molecule has 32 heavy (non-hydrogen) atoms. The second kappa shape index (κ2) is 9.17. The third kappa shape index (κ3) is 4.28. The normalized spacial score (nSPS) is 10.5. The number of halogens is 2. The van der Waals surface area contributed by atoms with Gasteiger partial charge < -0.3 is 11.5 Å². The Bertz CT molecular complexity index is 1370. The minimum atomic E-state index is 0. The fourth-order valence-electron chi connectivity index (χ4n) is 3.10. The van der Waals surface area contributed by atoms with Gasteiger partial charge >= 0.3 is 0 Å². The number of hydrogen-bond acceptors (Lipinski definition) is 7. The molecule has 0 saturated carbocycles. The molecule has 5 rings (SSSR count). The number of nitrogen functional groups attached to an aromatic ring is 2. The molecule has 0 aliphatic carbocycles. The second-order valence-electron chi connectivity index (χ2n) is 6.66. The minimum absolute atomic E-state index is 0. The van der Waals surface area contributed by atoms with Crippen LogP contribution >= 0.6 is 47.5 Å². The molecule has 0 saturated heterocycles. The van der Waals surface area contributed by atoms with Gasteiger partial charge in [0.05, 0.1) is 26.1 Å². The van der Waals surface area contributed by atoms with Crippen molar-refractivity contribution in [2.75, 3.05) is 0 Å². The number of pyridine rings is 1. The van der Waals surface area contributed by atoms with Crippen LogP contribution in [0.4, 0.5) is 0 Å². The molecule has 0 amide bonds. The standard InChI is InChI=1S/C21H15N7S2.2ClH/c22-18(23)10-1-3-13-16(8-10)29-20(27-13)12-5-6-26-15(7-12)21-28-14-4-2-11(19(24)25)9-17(14)30-21;;/h1-9H,(H3,22,23)(H3,24,25);2*1H. The molecule has 0 unspecified atom stereocenters. The average molecular weight is 502 g/mol. The van der Waals surface area contributed by atoms with E-state index in [1.165, 1.54) is 11.3 Å². The molecule has 0 spiro atoms. The van der Waals surface area contributed by atoms with Crippen LogP contribution in [-0.2, 0) is 0 Å². The van der Waals surface area contributed by atoms with E-state index in [0.29, 0.717) is 11.1 Å². The summed E-state index contributed by atoms with van der Waals surface area (Å²) in [5, 5.41) is 16.9. The van der Waals surface area contributed by atoms with Crippen molar-refractivity contribution in [2.24, 2.45) is 11.5 Å². The summed E-state index contributed by atoms with van der Waals surface area (Å²) in [6.45, 7) is 0. The lowest BCUT2D eigenvalue weighted by Crippen LogP contribution is -2.10. The van der Waals surface area contributed by atoms with Gasteiger partial charge in [-0.3, -0.25) is 15.8 Å². The summed E-state index contributed by atoms with van der Waals surface area (Å²) in [5.74, 6) is 0.0811. The van der Waals surface area contributed by atoms with Gasteiger partial charge in [0, 0.05) is 22.9 Å². The lowest BCUT2D eigenvalue weighted by Gasteiger charge is -1.99. The average Bonchev–Trinajstić information content (AvgIpc) is 3.36. The molecule has 11 heteroatoms. The highest BCUT2D eigenvalue weighted by atomic mass is 35.5. The molecule has 0 bridgehead atoms. The number of nitrogens with one attached hydrogen (secondary N) is 2. The molecular weight excluding hydrogens is 485 g/mol. The van der Waals surface area contributed by atoms with E-state index >= 15 is 0 Å². The fraction of sp³-hybridized carbons (Fsp3) is 0. The van der Waals surface area contributed by atoms with Gasteiger partial charge in [0.1, 0.15) is 21.7 Å². The van der Waals surface area contributed by atoms with E-state index in [1.807, 2.05) is 42.5 Å². The fourth-order valence-corrected chi connectivity index (χ4v) is 5.07. The first kappa shape index (κ1) is 23.6. The Hall–Kier alpha value is -3.11. The van der Waals surface area contributed by atoms with Crippen molar-refractivity contribution in [2.45, 2.75) is 0 Å². The van der Waals surface area contributed by atoms with Gasteiger partial charge in [0.25, 0.3) is 0 Å². The van der Waals surface area contributed by atoms with Crippen molar-refractivity contribution in [1.29, 1.82) is 10.8 Å². The Morgan fingerprint density at radius 3 is 1.81 bits per heavy atom. The maximum absolute atomic E-state index is 7.62. The van der Waals surface area contributed by atoms with Gasteiger partial charge in [-0.05, 0) is 48.5 Å². The number of rotatable bonds is 4. The van der Waals surface area contributed by atoms with E-state index < -0.39 is 0 Å². The number of nitrogens with two attached hydrogens (primary N) is 2. The van der Waals surface area contributed by atoms with Gasteiger partial charge in [-0.1, -0.05) is 0 Å². The summed E-state index contributed by atoms with van der Waals surface area (Å²) in [7, 11) is 0. The minimum Gasteiger partial charge on any atom is -0.384 e. The molecule has 0 radical (unpaired) electrons. The van der Waals surface area contributed by atoms with Gasteiger partial charge in [-0.25, -0.2) is 9.97 Å². The zero-order valence-electron chi connectivity index (χ0n) is 16.3. The maximum atomic E-state index is 7.62. The van der Waals surface area contributed by atoms with Crippen molar-refractivity contribution < 1.29 is 0 Å². The Balaban J connectivity index is 0.00000144. The SMILES string of the molecule is Cl.Cl.N=C(N)c1ccc2nc(-c3ccnc(-c4nc5ccc(C(=N)N)cc5s4)c3)sc2c1. The van der Waals surface area contributed by atoms with Crippen LogP contribution in [0.1, 0.15) is 11.1 Å². The van der Waals surface area contributed by atoms with Crippen molar-refractivity contribution in [3.05, 3.63) is 65.9 Å². The number of nitrogens with zero attached hydrogens (tertiary/aromatic N) is 3. The monoisotopic (exact) mass is 501 g/mol. The van der Waals surface area contributed by atoms with E-state index in [2.05, 4.69) is 9.97 Å². The van der Waals surface area contributed by atoms with Crippen molar-refractivity contribution >= 4 is 79.6 Å². The Morgan fingerprint density at radius 1 is 0.719 bits per heavy atom. The Labute approximate surface area is 203 Å². The third-order valence-corrected chi connectivity index (χ3v) is 6.73. The van der Waals surface area contributed by atoms with Crippen LogP contribution in [0.25, 0.3) is 41.7 Å². The molecule has 0 fully saturated rings. The van der Waals surface area contributed by atoms with E-state index in [9.17, 15) is 0 Å². The predicted octanol–water partition coefficient (Wildman–Crippen LogP) is 5.05. The van der Waals surface area contributed by atoms with Gasteiger partial charge in [0.15, 0.2) is 0 Å². The third-order valence-electron chi connectivity index (χ3n) is 4.62. The van der Waals surface area contributed by atoms with Gasteiger partial charge in [-0.15, -0.1) is 47.5 Å². The molecule has 3 heterocycles. The number of hydrogen-bond donors (Lipinski definition) is 4. The number of amidine groups is 2. The van der Waals surface area contributed by atoms with E-state index in [0.717, 1.165) is 41.7 Å². The molecule has 7 nitrogen and oxygen atoms in total. The first-order valence-corrected chi connectivity index (χ1v) is 10.6. The first-order valence-electron chi connectivity index (χ1n) is 8.95. The zero-order valence-corrected chi connectivity index (χ0v) is 19.6. The van der Waals surface area contributed by atoms with Crippen molar-refractivity contribution in [3.8, 4) is 21.3 Å². The summed E-state index contributed by atoms with van der Waals surface area (Å²) >= 11 is 3.07. The first-order chi connectivity index (χ1) is 14.5. The molecule has 0 atom stereocenters. The van der Waals surface area contributed by atoms with Crippen LogP contribution in [0.15, 0.2) is 54.7 Å². The van der Waals surface area contributed by atoms with E-state index in [1.54, 1.807) is 23.6 Å². The summed E-state index contributed by atoms with van der Waals surface area (Å²) in [6, 6.07) is 15.0. The highest BCUT2D eigenvalue weighted by Crippen LogP contribution is 2.34. The number of fused-ring (bicyclic) bond motifs is 2. The van der Waals surface area contributed by atoms with Crippen molar-refractivity contribution in [1.82, 2.24) is 15.0 Å². The molecule has 5 aromatic rings. The predicted molar refractivity (Wildman–Crippen MR) is 138 cm³/mol. The molecular formula is C21H17Cl2N7S2. The van der Waals surface area contributed by atoms with Crippen LogP contribution in [-0.4, -0.2) is 26.6 Å². The zero-order chi connectivity index (χ0) is 20.8. The number of thiazole rings is 2. The highest BCUT2D eigenvalue weighted by Gasteiger charge is 2.13. The summed E-state index contributed by atoms with van der Waals surface area (Å²) < 4.78 is 1.94. The van der Waals surface area contributed by atoms with Gasteiger partial charge in [-0.2, -0.15) is 0 Å². The lowest BCUT2D eigenvalue weighted by atomic mass is 10.2. The van der Waals surface area contributed by atoms with Crippen LogP contribution in [0, 0.1) is 10.8 Å². The Kier molecular flexibility index (Phi) is 6.75. The Morgan fingerprint density at radius 2 is 1.25 bits per heavy atom. The maximum Gasteiger partial charge on any atom is 0.143 e. The molecule has 6 N–H and O–H groups in total. The summed E-state index contributed by atoms with van der Waals surface area (Å²) in [4.78, 5) is 13.9. The van der Waals surface area contributed by atoms with E-state index in [4.69, 9.17) is 27.3 Å². The summed E-state index contributed by atoms with van der Waals surface area (Å²) in [6.07, 6.45) is 1.75. The van der Waals surface area contributed by atoms with Crippen LogP contribution in [0.5, 0.6) is 0 Å². The summed E-state index contributed by atoms with van der Waals surface area (Å²) in [5.41, 5.74) is 16.0. The molecule has 0 aliphatic heterocycles. The molecule has 162 valence electrons. The number of benzene rings is 2. The van der Waals surface area contributed by atoms with Crippen LogP contribution in [0.3, 0.4) is 0 Å². The smallest absolute Gasteiger partial charge is 0.143 e. The molecule has 0 aliphatic rings. The quantitative estimate of drug-likeness (QED) is 0.201. The largest absolute Gasteiger partial charge is 0.384 e. The molecule has 3 aromatic heterocycles.